The Balaban J connectivity index is 2.07. The minimum atomic E-state index is -4.07. The van der Waals surface area contributed by atoms with Gasteiger partial charge >= 0.3 is 0 Å². The maximum absolute atomic E-state index is 13.5. The Morgan fingerprint density at radius 2 is 1.92 bits per heavy atom. The van der Waals surface area contributed by atoms with Crippen molar-refractivity contribution in [3.8, 4) is 5.75 Å². The number of primary sulfonamides is 1. The summed E-state index contributed by atoms with van der Waals surface area (Å²) in [5, 5.41) is 7.33. The summed E-state index contributed by atoms with van der Waals surface area (Å²) in [6.07, 6.45) is 0. The number of hydrogen-bond donors (Lipinski definition) is 2. The van der Waals surface area contributed by atoms with E-state index in [9.17, 15) is 17.6 Å². The van der Waals surface area contributed by atoms with Crippen LogP contribution in [0.5, 0.6) is 5.75 Å². The van der Waals surface area contributed by atoms with E-state index in [0.717, 1.165) is 29.3 Å². The van der Waals surface area contributed by atoms with Crippen LogP contribution in [0.25, 0.3) is 0 Å². The monoisotopic (exact) mass is 352 g/mol. The van der Waals surface area contributed by atoms with Crippen LogP contribution < -0.4 is 15.2 Å². The molecule has 6 nitrogen and oxygen atoms in total. The number of sulfonamides is 1. The second-order valence-corrected chi connectivity index (χ2v) is 6.89. The smallest absolute Gasteiger partial charge is 0.262 e. The normalized spacial score (nSPS) is 11.2. The van der Waals surface area contributed by atoms with Crippen molar-refractivity contribution in [1.29, 1.82) is 0 Å². The lowest BCUT2D eigenvalue weighted by atomic mass is 10.1. The first-order chi connectivity index (χ1) is 11.1. The zero-order valence-electron chi connectivity index (χ0n) is 13.2. The number of carbonyl (C=O) groups excluding carboxylic acids is 1. The number of carbonyl (C=O) groups is 1. The summed E-state index contributed by atoms with van der Waals surface area (Å²) in [5.41, 5.74) is 1.84. The van der Waals surface area contributed by atoms with Crippen molar-refractivity contribution in [3.05, 3.63) is 53.3 Å². The van der Waals surface area contributed by atoms with Crippen molar-refractivity contribution in [2.24, 2.45) is 5.14 Å². The minimum absolute atomic E-state index is 0.0198. The third-order valence-electron chi connectivity index (χ3n) is 3.19. The van der Waals surface area contributed by atoms with Crippen LogP contribution in [0.3, 0.4) is 0 Å². The summed E-state index contributed by atoms with van der Waals surface area (Å²) in [4.78, 5) is 11.5. The molecule has 0 bridgehead atoms. The fourth-order valence-electron chi connectivity index (χ4n) is 2.00. The molecule has 2 rings (SSSR count). The molecule has 0 aliphatic rings. The summed E-state index contributed by atoms with van der Waals surface area (Å²) in [5.74, 6) is -0.816. The number of halogens is 1. The number of amides is 1. The topological polar surface area (TPSA) is 98.5 Å². The van der Waals surface area contributed by atoms with E-state index >= 15 is 0 Å². The van der Waals surface area contributed by atoms with Gasteiger partial charge < -0.3 is 10.1 Å². The van der Waals surface area contributed by atoms with E-state index in [1.807, 2.05) is 26.0 Å². The van der Waals surface area contributed by atoms with Gasteiger partial charge in [0.05, 0.1) is 4.90 Å². The molecular formula is C16H17FN2O4S. The Hall–Kier alpha value is -2.45. The van der Waals surface area contributed by atoms with E-state index in [4.69, 9.17) is 9.88 Å². The highest BCUT2D eigenvalue weighted by Gasteiger charge is 2.13. The quantitative estimate of drug-likeness (QED) is 0.861. The highest BCUT2D eigenvalue weighted by atomic mass is 32.2. The third-order valence-corrected chi connectivity index (χ3v) is 4.08. The molecule has 0 saturated heterocycles. The van der Waals surface area contributed by atoms with Crippen molar-refractivity contribution in [2.45, 2.75) is 18.7 Å². The van der Waals surface area contributed by atoms with E-state index in [2.05, 4.69) is 5.32 Å². The Kier molecular flexibility index (Phi) is 5.20. The van der Waals surface area contributed by atoms with Crippen molar-refractivity contribution >= 4 is 21.6 Å². The van der Waals surface area contributed by atoms with Gasteiger partial charge in [0.15, 0.2) is 6.61 Å². The second-order valence-electron chi connectivity index (χ2n) is 5.33. The predicted octanol–water partition coefficient (Wildman–Crippen LogP) is 2.11. The van der Waals surface area contributed by atoms with E-state index < -0.39 is 26.6 Å². The van der Waals surface area contributed by atoms with E-state index in [1.165, 1.54) is 0 Å². The van der Waals surface area contributed by atoms with Crippen molar-refractivity contribution in [1.82, 2.24) is 0 Å². The Morgan fingerprint density at radius 3 is 2.58 bits per heavy atom. The first kappa shape index (κ1) is 17.9. The van der Waals surface area contributed by atoms with Gasteiger partial charge in [0.1, 0.15) is 11.6 Å². The lowest BCUT2D eigenvalue weighted by molar-refractivity contribution is -0.118. The first-order valence-electron chi connectivity index (χ1n) is 6.98. The Bertz CT molecular complexity index is 882. The summed E-state index contributed by atoms with van der Waals surface area (Å²) in [6, 6.07) is 8.43. The molecule has 0 aliphatic heterocycles. The molecule has 0 saturated carbocycles. The first-order valence-corrected chi connectivity index (χ1v) is 8.53. The van der Waals surface area contributed by atoms with Gasteiger partial charge in [-0.25, -0.2) is 17.9 Å². The largest absolute Gasteiger partial charge is 0.483 e. The van der Waals surface area contributed by atoms with Gasteiger partial charge in [0, 0.05) is 5.69 Å². The summed E-state index contributed by atoms with van der Waals surface area (Å²) < 4.78 is 41.4. The van der Waals surface area contributed by atoms with E-state index in [0.29, 0.717) is 5.75 Å². The summed E-state index contributed by atoms with van der Waals surface area (Å²) in [7, 11) is -4.07. The Labute approximate surface area is 139 Å². The second kappa shape index (κ2) is 6.98. The zero-order chi connectivity index (χ0) is 17.9. The maximum Gasteiger partial charge on any atom is 0.262 e. The lowest BCUT2D eigenvalue weighted by Gasteiger charge is -2.11. The van der Waals surface area contributed by atoms with Crippen LogP contribution >= 0.6 is 0 Å². The number of ether oxygens (including phenoxy) is 1. The number of anilines is 1. The summed E-state index contributed by atoms with van der Waals surface area (Å²) in [6.45, 7) is 3.44. The van der Waals surface area contributed by atoms with Gasteiger partial charge in [0.2, 0.25) is 10.0 Å². The Morgan fingerprint density at radius 1 is 1.21 bits per heavy atom. The number of aryl methyl sites for hydroxylation is 2. The zero-order valence-corrected chi connectivity index (χ0v) is 14.0. The molecular weight excluding hydrogens is 335 g/mol. The van der Waals surface area contributed by atoms with Gasteiger partial charge in [-0.05, 0) is 49.2 Å². The molecule has 0 atom stereocenters. The van der Waals surface area contributed by atoms with Crippen LogP contribution in [0.4, 0.5) is 10.1 Å². The van der Waals surface area contributed by atoms with E-state index in [-0.39, 0.29) is 12.3 Å². The average molecular weight is 352 g/mol. The number of benzene rings is 2. The molecule has 1 amide bonds. The average Bonchev–Trinajstić information content (AvgIpc) is 2.46. The van der Waals surface area contributed by atoms with Crippen LogP contribution in [-0.2, 0) is 14.8 Å². The SMILES string of the molecule is Cc1ccc(C)c(OCC(=O)Nc2cc(F)cc(S(N)(=O)=O)c2)c1. The molecule has 0 unspecified atom stereocenters. The maximum atomic E-state index is 13.5. The number of nitrogens with two attached hydrogens (primary N) is 1. The molecule has 0 radical (unpaired) electrons. The van der Waals surface area contributed by atoms with Gasteiger partial charge in [-0.1, -0.05) is 12.1 Å². The lowest BCUT2D eigenvalue weighted by Crippen LogP contribution is -2.21. The molecule has 128 valence electrons. The molecule has 2 aromatic carbocycles. The fraction of sp³-hybridized carbons (Fsp3) is 0.188. The highest BCUT2D eigenvalue weighted by molar-refractivity contribution is 7.89. The van der Waals surface area contributed by atoms with Crippen LogP contribution in [0.15, 0.2) is 41.3 Å². The molecule has 24 heavy (non-hydrogen) atoms. The number of rotatable bonds is 5. The minimum Gasteiger partial charge on any atom is -0.483 e. The van der Waals surface area contributed by atoms with Gasteiger partial charge in [-0.2, -0.15) is 0 Å². The van der Waals surface area contributed by atoms with Gasteiger partial charge in [-0.3, -0.25) is 4.79 Å². The van der Waals surface area contributed by atoms with Crippen molar-refractivity contribution in [2.75, 3.05) is 11.9 Å². The molecule has 0 heterocycles. The van der Waals surface area contributed by atoms with Gasteiger partial charge in [0.25, 0.3) is 5.91 Å². The molecule has 3 N–H and O–H groups in total. The molecule has 0 spiro atoms. The van der Waals surface area contributed by atoms with Crippen LogP contribution in [0.2, 0.25) is 0 Å². The number of hydrogen-bond acceptors (Lipinski definition) is 4. The molecule has 2 aromatic rings. The standard InChI is InChI=1S/C16H17FN2O4S/c1-10-3-4-11(2)15(5-10)23-9-16(20)19-13-6-12(17)7-14(8-13)24(18,21)22/h3-8H,9H2,1-2H3,(H,19,20)(H2,18,21,22). The highest BCUT2D eigenvalue weighted by Crippen LogP contribution is 2.20. The fourth-order valence-corrected chi connectivity index (χ4v) is 2.57. The van der Waals surface area contributed by atoms with Crippen LogP contribution in [0, 0.1) is 19.7 Å². The van der Waals surface area contributed by atoms with Crippen LogP contribution in [0.1, 0.15) is 11.1 Å². The van der Waals surface area contributed by atoms with Crippen molar-refractivity contribution in [3.63, 3.8) is 0 Å². The molecule has 0 aliphatic carbocycles. The third kappa shape index (κ3) is 4.77. The number of nitrogens with one attached hydrogen (secondary N) is 1. The molecule has 0 fully saturated rings. The predicted molar refractivity (Wildman–Crippen MR) is 87.8 cm³/mol. The van der Waals surface area contributed by atoms with Crippen LogP contribution in [-0.4, -0.2) is 20.9 Å². The summed E-state index contributed by atoms with van der Waals surface area (Å²) >= 11 is 0. The molecule has 8 heteroatoms. The van der Waals surface area contributed by atoms with Gasteiger partial charge in [-0.15, -0.1) is 0 Å². The molecule has 0 aromatic heterocycles. The van der Waals surface area contributed by atoms with E-state index in [1.54, 1.807) is 6.07 Å². The van der Waals surface area contributed by atoms with Crippen molar-refractivity contribution < 1.29 is 22.3 Å².